The Morgan fingerprint density at radius 2 is 2.11 bits per heavy atom. The summed E-state index contributed by atoms with van der Waals surface area (Å²) in [5, 5.41) is 23.7. The number of aliphatic hydroxyl groups excluding tert-OH is 1. The van der Waals surface area contributed by atoms with Gasteiger partial charge in [-0.2, -0.15) is 0 Å². The van der Waals surface area contributed by atoms with Crippen LogP contribution in [0, 0.1) is 0 Å². The van der Waals surface area contributed by atoms with Crippen molar-refractivity contribution in [2.45, 2.75) is 12.5 Å². The molecule has 18 heavy (non-hydrogen) atoms. The highest BCUT2D eigenvalue weighted by atomic mass is 16.3. The number of nitrogens with zero attached hydrogens (tertiary/aromatic N) is 1. The standard InChI is InChI=1S/C13H17N3O2/c1-13(18,8-17)7-16-12-3-2-11(14)10-6-15-5-4-9(10)12/h2-6,16-18H,7-8,14H2,1H3. The van der Waals surface area contributed by atoms with Crippen molar-refractivity contribution in [3.63, 3.8) is 0 Å². The molecule has 0 spiro atoms. The van der Waals surface area contributed by atoms with E-state index in [0.29, 0.717) is 5.69 Å². The second-order valence-electron chi connectivity index (χ2n) is 4.63. The van der Waals surface area contributed by atoms with Crippen LogP contribution in [0.1, 0.15) is 6.92 Å². The molecular weight excluding hydrogens is 230 g/mol. The molecular formula is C13H17N3O2. The first-order chi connectivity index (χ1) is 8.53. The van der Waals surface area contributed by atoms with Crippen molar-refractivity contribution in [3.05, 3.63) is 30.6 Å². The number of hydrogen-bond acceptors (Lipinski definition) is 5. The Kier molecular flexibility index (Phi) is 3.36. The third kappa shape index (κ3) is 2.52. The second kappa shape index (κ2) is 4.80. The number of rotatable bonds is 4. The smallest absolute Gasteiger partial charge is 0.102 e. The molecule has 0 saturated carbocycles. The maximum absolute atomic E-state index is 9.76. The summed E-state index contributed by atoms with van der Waals surface area (Å²) in [6.45, 7) is 1.53. The Bertz CT molecular complexity index is 555. The number of hydrogen-bond donors (Lipinski definition) is 4. The topological polar surface area (TPSA) is 91.4 Å². The fraction of sp³-hybridized carbons (Fsp3) is 0.308. The van der Waals surface area contributed by atoms with Gasteiger partial charge in [0.2, 0.25) is 0 Å². The van der Waals surface area contributed by atoms with Crippen molar-refractivity contribution in [3.8, 4) is 0 Å². The molecule has 0 saturated heterocycles. The number of anilines is 2. The molecule has 5 heteroatoms. The van der Waals surface area contributed by atoms with E-state index in [2.05, 4.69) is 10.3 Å². The van der Waals surface area contributed by atoms with Crippen molar-refractivity contribution in [1.29, 1.82) is 0 Å². The number of aromatic nitrogens is 1. The van der Waals surface area contributed by atoms with Gasteiger partial charge in [-0.1, -0.05) is 0 Å². The van der Waals surface area contributed by atoms with Crippen LogP contribution in [0.5, 0.6) is 0 Å². The molecule has 0 fully saturated rings. The zero-order valence-corrected chi connectivity index (χ0v) is 10.2. The lowest BCUT2D eigenvalue weighted by atomic mass is 10.1. The Morgan fingerprint density at radius 3 is 2.83 bits per heavy atom. The maximum atomic E-state index is 9.76. The molecule has 2 aromatic rings. The van der Waals surface area contributed by atoms with Crippen molar-refractivity contribution in [1.82, 2.24) is 4.98 Å². The molecule has 1 aromatic heterocycles. The number of nitrogens with two attached hydrogens (primary N) is 1. The fourth-order valence-corrected chi connectivity index (χ4v) is 1.71. The van der Waals surface area contributed by atoms with Gasteiger partial charge >= 0.3 is 0 Å². The van der Waals surface area contributed by atoms with Gasteiger partial charge in [0.25, 0.3) is 0 Å². The molecule has 1 aromatic carbocycles. The molecule has 0 bridgehead atoms. The van der Waals surface area contributed by atoms with Gasteiger partial charge in [0, 0.05) is 41.1 Å². The first kappa shape index (κ1) is 12.6. The van der Waals surface area contributed by atoms with Crippen LogP contribution < -0.4 is 11.1 Å². The van der Waals surface area contributed by atoms with Gasteiger partial charge in [0.05, 0.1) is 6.61 Å². The lowest BCUT2D eigenvalue weighted by Crippen LogP contribution is -2.37. The van der Waals surface area contributed by atoms with Gasteiger partial charge < -0.3 is 21.3 Å². The van der Waals surface area contributed by atoms with Crippen LogP contribution in [0.4, 0.5) is 11.4 Å². The normalized spacial score (nSPS) is 14.4. The highest BCUT2D eigenvalue weighted by molar-refractivity contribution is 6.00. The van der Waals surface area contributed by atoms with Gasteiger partial charge in [-0.15, -0.1) is 0 Å². The minimum Gasteiger partial charge on any atom is -0.398 e. The van der Waals surface area contributed by atoms with Crippen LogP contribution in [0.3, 0.4) is 0 Å². The Balaban J connectivity index is 2.32. The first-order valence-electron chi connectivity index (χ1n) is 5.73. The van der Waals surface area contributed by atoms with E-state index in [9.17, 15) is 5.11 Å². The van der Waals surface area contributed by atoms with Gasteiger partial charge in [0.1, 0.15) is 5.60 Å². The fourth-order valence-electron chi connectivity index (χ4n) is 1.71. The molecule has 0 aliphatic rings. The van der Waals surface area contributed by atoms with E-state index in [4.69, 9.17) is 10.8 Å². The van der Waals surface area contributed by atoms with E-state index >= 15 is 0 Å². The lowest BCUT2D eigenvalue weighted by Gasteiger charge is -2.22. The number of aliphatic hydroxyl groups is 2. The Morgan fingerprint density at radius 1 is 1.33 bits per heavy atom. The Labute approximate surface area is 105 Å². The average Bonchev–Trinajstić information content (AvgIpc) is 2.38. The van der Waals surface area contributed by atoms with Crippen LogP contribution in [-0.4, -0.2) is 33.9 Å². The van der Waals surface area contributed by atoms with Gasteiger partial charge in [0.15, 0.2) is 0 Å². The van der Waals surface area contributed by atoms with Gasteiger partial charge in [-0.25, -0.2) is 0 Å². The molecule has 5 nitrogen and oxygen atoms in total. The molecule has 0 aliphatic heterocycles. The van der Waals surface area contributed by atoms with E-state index in [1.807, 2.05) is 12.1 Å². The highest BCUT2D eigenvalue weighted by Gasteiger charge is 2.18. The van der Waals surface area contributed by atoms with Crippen LogP contribution in [0.15, 0.2) is 30.6 Å². The van der Waals surface area contributed by atoms with E-state index in [1.165, 1.54) is 0 Å². The van der Waals surface area contributed by atoms with Crippen LogP contribution in [-0.2, 0) is 0 Å². The van der Waals surface area contributed by atoms with Gasteiger partial charge in [-0.05, 0) is 25.1 Å². The molecule has 1 unspecified atom stereocenters. The third-order valence-corrected chi connectivity index (χ3v) is 2.85. The molecule has 5 N–H and O–H groups in total. The minimum absolute atomic E-state index is 0.255. The zero-order valence-electron chi connectivity index (χ0n) is 10.2. The average molecular weight is 247 g/mol. The molecule has 96 valence electrons. The number of pyridine rings is 1. The van der Waals surface area contributed by atoms with Crippen LogP contribution in [0.25, 0.3) is 10.8 Å². The van der Waals surface area contributed by atoms with Gasteiger partial charge in [-0.3, -0.25) is 4.98 Å². The van der Waals surface area contributed by atoms with E-state index < -0.39 is 5.60 Å². The van der Waals surface area contributed by atoms with Crippen molar-refractivity contribution < 1.29 is 10.2 Å². The lowest BCUT2D eigenvalue weighted by molar-refractivity contribution is 0.0132. The molecule has 0 radical (unpaired) electrons. The number of fused-ring (bicyclic) bond motifs is 1. The summed E-state index contributed by atoms with van der Waals surface area (Å²) in [4.78, 5) is 4.04. The highest BCUT2D eigenvalue weighted by Crippen LogP contribution is 2.27. The predicted molar refractivity (Wildman–Crippen MR) is 72.4 cm³/mol. The maximum Gasteiger partial charge on any atom is 0.102 e. The number of benzene rings is 1. The summed E-state index contributed by atoms with van der Waals surface area (Å²) in [5.74, 6) is 0. The molecule has 2 rings (SSSR count). The summed E-state index contributed by atoms with van der Waals surface area (Å²) in [6.07, 6.45) is 3.40. The summed E-state index contributed by atoms with van der Waals surface area (Å²) >= 11 is 0. The Hall–Kier alpha value is -1.85. The predicted octanol–water partition coefficient (Wildman–Crippen LogP) is 0.972. The summed E-state index contributed by atoms with van der Waals surface area (Å²) in [5.41, 5.74) is 6.25. The zero-order chi connectivity index (χ0) is 13.2. The van der Waals surface area contributed by atoms with Crippen molar-refractivity contribution in [2.75, 3.05) is 24.2 Å². The van der Waals surface area contributed by atoms with Crippen molar-refractivity contribution in [2.24, 2.45) is 0 Å². The van der Waals surface area contributed by atoms with Crippen molar-refractivity contribution >= 4 is 22.1 Å². The summed E-state index contributed by atoms with van der Waals surface area (Å²) in [7, 11) is 0. The van der Waals surface area contributed by atoms with E-state index in [1.54, 1.807) is 25.4 Å². The number of nitrogen functional groups attached to an aromatic ring is 1. The number of nitrogens with one attached hydrogen (secondary N) is 1. The SMILES string of the molecule is CC(O)(CO)CNc1ccc(N)c2cnccc12. The monoisotopic (exact) mass is 247 g/mol. The minimum atomic E-state index is -1.15. The molecule has 1 heterocycles. The van der Waals surface area contributed by atoms with Crippen LogP contribution in [0.2, 0.25) is 0 Å². The molecule has 0 amide bonds. The summed E-state index contributed by atoms with van der Waals surface area (Å²) in [6, 6.07) is 5.51. The third-order valence-electron chi connectivity index (χ3n) is 2.85. The molecule has 0 aliphatic carbocycles. The quantitative estimate of drug-likeness (QED) is 0.604. The first-order valence-corrected chi connectivity index (χ1v) is 5.73. The van der Waals surface area contributed by atoms with E-state index in [0.717, 1.165) is 16.5 Å². The second-order valence-corrected chi connectivity index (χ2v) is 4.63. The molecule has 1 atom stereocenters. The largest absolute Gasteiger partial charge is 0.398 e. The van der Waals surface area contributed by atoms with Crippen LogP contribution >= 0.6 is 0 Å². The summed E-state index contributed by atoms with van der Waals surface area (Å²) < 4.78 is 0. The van der Waals surface area contributed by atoms with E-state index in [-0.39, 0.29) is 13.2 Å².